The first-order valence-corrected chi connectivity index (χ1v) is 9.65. The number of amides is 1. The third-order valence-electron chi connectivity index (χ3n) is 3.67. The lowest BCUT2D eigenvalue weighted by Crippen LogP contribution is -2.39. The Labute approximate surface area is 163 Å². The Morgan fingerprint density at radius 3 is 2.50 bits per heavy atom. The standard InChI is InChI=1S/C19H26BrN5O/c1-2-21-19(24-12-15-25-13-3-4-14-25)23-11-5-10-22-18(26)16-6-8-17(20)9-7-16/h3-4,6-9,13-14H,2,5,10-12,15H2,1H3,(H,22,26)(H2,21,23,24). The molecule has 0 atom stereocenters. The van der Waals surface area contributed by atoms with Crippen LogP contribution in [0.15, 0.2) is 58.3 Å². The second-order valence-corrected chi connectivity index (χ2v) is 6.64. The summed E-state index contributed by atoms with van der Waals surface area (Å²) in [6, 6.07) is 11.4. The Balaban J connectivity index is 1.66. The number of rotatable bonds is 9. The summed E-state index contributed by atoms with van der Waals surface area (Å²) in [4.78, 5) is 16.6. The first kappa shape index (κ1) is 20.0. The molecule has 0 saturated carbocycles. The number of carbonyl (C=O) groups excluding carboxylic acids is 1. The molecule has 1 amide bonds. The van der Waals surface area contributed by atoms with Crippen LogP contribution >= 0.6 is 15.9 Å². The second-order valence-electron chi connectivity index (χ2n) is 5.72. The fourth-order valence-electron chi connectivity index (χ4n) is 2.34. The molecule has 0 fully saturated rings. The minimum absolute atomic E-state index is 0.0572. The maximum Gasteiger partial charge on any atom is 0.251 e. The van der Waals surface area contributed by atoms with E-state index in [0.717, 1.165) is 36.5 Å². The molecule has 1 aromatic carbocycles. The molecule has 1 aromatic heterocycles. The highest BCUT2D eigenvalue weighted by atomic mass is 79.9. The molecule has 0 radical (unpaired) electrons. The highest BCUT2D eigenvalue weighted by molar-refractivity contribution is 9.10. The molecule has 1 heterocycles. The van der Waals surface area contributed by atoms with Crippen LogP contribution in [0.3, 0.4) is 0 Å². The van der Waals surface area contributed by atoms with Gasteiger partial charge in [-0.2, -0.15) is 0 Å². The van der Waals surface area contributed by atoms with E-state index in [0.29, 0.717) is 18.7 Å². The lowest BCUT2D eigenvalue weighted by Gasteiger charge is -2.12. The number of benzene rings is 1. The molecular weight excluding hydrogens is 394 g/mol. The van der Waals surface area contributed by atoms with Crippen molar-refractivity contribution in [3.63, 3.8) is 0 Å². The largest absolute Gasteiger partial charge is 0.357 e. The van der Waals surface area contributed by atoms with E-state index in [1.807, 2.05) is 43.6 Å². The van der Waals surface area contributed by atoms with Crippen LogP contribution in [0.5, 0.6) is 0 Å². The lowest BCUT2D eigenvalue weighted by molar-refractivity contribution is 0.0953. The number of aromatic nitrogens is 1. The van der Waals surface area contributed by atoms with Crippen LogP contribution in [0.1, 0.15) is 23.7 Å². The molecule has 140 valence electrons. The molecule has 7 heteroatoms. The first-order valence-electron chi connectivity index (χ1n) is 8.85. The van der Waals surface area contributed by atoms with Gasteiger partial charge in [-0.15, -0.1) is 0 Å². The molecule has 0 aliphatic rings. The van der Waals surface area contributed by atoms with Gasteiger partial charge in [0.2, 0.25) is 0 Å². The molecule has 2 rings (SSSR count). The van der Waals surface area contributed by atoms with E-state index in [1.165, 1.54) is 0 Å². The lowest BCUT2D eigenvalue weighted by atomic mass is 10.2. The SMILES string of the molecule is CCNC(=NCCCNC(=O)c1ccc(Br)cc1)NCCn1cccc1. The monoisotopic (exact) mass is 419 g/mol. The molecule has 0 bridgehead atoms. The van der Waals surface area contributed by atoms with Gasteiger partial charge in [-0.05, 0) is 49.7 Å². The molecule has 3 N–H and O–H groups in total. The fraction of sp³-hybridized carbons (Fsp3) is 0.368. The number of hydrogen-bond acceptors (Lipinski definition) is 2. The maximum absolute atomic E-state index is 12.0. The minimum Gasteiger partial charge on any atom is -0.357 e. The van der Waals surface area contributed by atoms with Gasteiger partial charge in [-0.25, -0.2) is 0 Å². The summed E-state index contributed by atoms with van der Waals surface area (Å²) in [5, 5.41) is 9.47. The van der Waals surface area contributed by atoms with Gasteiger partial charge < -0.3 is 20.5 Å². The Morgan fingerprint density at radius 2 is 1.81 bits per heavy atom. The first-order chi connectivity index (χ1) is 12.7. The number of nitrogens with one attached hydrogen (secondary N) is 3. The molecule has 6 nitrogen and oxygen atoms in total. The minimum atomic E-state index is -0.0572. The average molecular weight is 420 g/mol. The van der Waals surface area contributed by atoms with Crippen molar-refractivity contribution < 1.29 is 4.79 Å². The normalized spacial score (nSPS) is 11.2. The summed E-state index contributed by atoms with van der Waals surface area (Å²) < 4.78 is 3.08. The van der Waals surface area contributed by atoms with Gasteiger partial charge in [0.25, 0.3) is 5.91 Å². The van der Waals surface area contributed by atoms with E-state index < -0.39 is 0 Å². The topological polar surface area (TPSA) is 70.4 Å². The number of halogens is 1. The third-order valence-corrected chi connectivity index (χ3v) is 4.20. The van der Waals surface area contributed by atoms with Crippen molar-refractivity contribution in [3.8, 4) is 0 Å². The molecule has 0 saturated heterocycles. The Hall–Kier alpha value is -2.28. The molecule has 2 aromatic rings. The fourth-order valence-corrected chi connectivity index (χ4v) is 2.60. The van der Waals surface area contributed by atoms with E-state index in [-0.39, 0.29) is 5.91 Å². The number of hydrogen-bond donors (Lipinski definition) is 3. The highest BCUT2D eigenvalue weighted by Gasteiger charge is 2.04. The van der Waals surface area contributed by atoms with E-state index >= 15 is 0 Å². The molecular formula is C19H26BrN5O. The van der Waals surface area contributed by atoms with Crippen LogP contribution in [-0.4, -0.2) is 42.6 Å². The van der Waals surface area contributed by atoms with Gasteiger partial charge >= 0.3 is 0 Å². The van der Waals surface area contributed by atoms with Gasteiger partial charge in [-0.1, -0.05) is 15.9 Å². The third kappa shape index (κ3) is 7.31. The van der Waals surface area contributed by atoms with Crippen molar-refractivity contribution in [1.82, 2.24) is 20.5 Å². The summed E-state index contributed by atoms with van der Waals surface area (Å²) in [5.74, 6) is 0.747. The van der Waals surface area contributed by atoms with Gasteiger partial charge in [0, 0.05) is 55.2 Å². The van der Waals surface area contributed by atoms with E-state index in [9.17, 15) is 4.79 Å². The molecule has 26 heavy (non-hydrogen) atoms. The van der Waals surface area contributed by atoms with Crippen LogP contribution in [0, 0.1) is 0 Å². The van der Waals surface area contributed by atoms with Crippen molar-refractivity contribution >= 4 is 27.8 Å². The molecule has 0 spiro atoms. The van der Waals surface area contributed by atoms with E-state index in [1.54, 1.807) is 12.1 Å². The average Bonchev–Trinajstić information content (AvgIpc) is 3.15. The zero-order valence-corrected chi connectivity index (χ0v) is 16.6. The van der Waals surface area contributed by atoms with Gasteiger partial charge in [0.1, 0.15) is 0 Å². The number of nitrogens with zero attached hydrogens (tertiary/aromatic N) is 2. The van der Waals surface area contributed by atoms with Crippen molar-refractivity contribution in [2.24, 2.45) is 4.99 Å². The zero-order valence-electron chi connectivity index (χ0n) is 15.0. The molecule has 0 aliphatic heterocycles. The van der Waals surface area contributed by atoms with E-state index in [4.69, 9.17) is 0 Å². The van der Waals surface area contributed by atoms with Gasteiger partial charge in [0.15, 0.2) is 5.96 Å². The quantitative estimate of drug-likeness (QED) is 0.332. The van der Waals surface area contributed by atoms with Crippen molar-refractivity contribution in [3.05, 3.63) is 58.8 Å². The molecule has 0 aliphatic carbocycles. The van der Waals surface area contributed by atoms with Crippen molar-refractivity contribution in [2.45, 2.75) is 19.9 Å². The summed E-state index contributed by atoms with van der Waals surface area (Å²) >= 11 is 3.36. The van der Waals surface area contributed by atoms with E-state index in [2.05, 4.69) is 41.4 Å². The van der Waals surface area contributed by atoms with Crippen LogP contribution < -0.4 is 16.0 Å². The zero-order chi connectivity index (χ0) is 18.6. The Bertz CT molecular complexity index is 682. The summed E-state index contributed by atoms with van der Waals surface area (Å²) in [5.41, 5.74) is 0.664. The predicted octanol–water partition coefficient (Wildman–Crippen LogP) is 2.63. The predicted molar refractivity (Wildman–Crippen MR) is 110 cm³/mol. The Kier molecular flexibility index (Phi) is 8.75. The van der Waals surface area contributed by atoms with Crippen LogP contribution in [0.25, 0.3) is 0 Å². The van der Waals surface area contributed by atoms with Gasteiger partial charge in [-0.3, -0.25) is 9.79 Å². The van der Waals surface area contributed by atoms with Crippen LogP contribution in [0.4, 0.5) is 0 Å². The summed E-state index contributed by atoms with van der Waals surface area (Å²) in [6.07, 6.45) is 4.87. The van der Waals surface area contributed by atoms with Crippen molar-refractivity contribution in [2.75, 3.05) is 26.2 Å². The van der Waals surface area contributed by atoms with Crippen LogP contribution in [-0.2, 0) is 6.54 Å². The smallest absolute Gasteiger partial charge is 0.251 e. The number of carbonyl (C=O) groups is 1. The maximum atomic E-state index is 12.0. The number of guanidine groups is 1. The summed E-state index contributed by atoms with van der Waals surface area (Å²) in [6.45, 7) is 5.80. The second kappa shape index (κ2) is 11.4. The summed E-state index contributed by atoms with van der Waals surface area (Å²) in [7, 11) is 0. The highest BCUT2D eigenvalue weighted by Crippen LogP contribution is 2.10. The van der Waals surface area contributed by atoms with Crippen molar-refractivity contribution in [1.29, 1.82) is 0 Å². The number of aliphatic imine (C=N–C) groups is 1. The Morgan fingerprint density at radius 1 is 1.08 bits per heavy atom. The molecule has 0 unspecified atom stereocenters. The van der Waals surface area contributed by atoms with Crippen LogP contribution in [0.2, 0.25) is 0 Å². The van der Waals surface area contributed by atoms with Gasteiger partial charge in [0.05, 0.1) is 0 Å².